The van der Waals surface area contributed by atoms with E-state index in [1.54, 1.807) is 24.3 Å². The Hall–Kier alpha value is -1.05. The van der Waals surface area contributed by atoms with Crippen molar-refractivity contribution in [3.8, 4) is 11.8 Å². The Morgan fingerprint density at radius 1 is 1.33 bits per heavy atom. The number of halogens is 2. The molecule has 0 unspecified atom stereocenters. The average molecular weight is 227 g/mol. The van der Waals surface area contributed by atoms with Crippen LogP contribution >= 0.6 is 11.8 Å². The molecule has 0 spiro atoms. The van der Waals surface area contributed by atoms with Crippen LogP contribution < -0.4 is 5.32 Å². The lowest BCUT2D eigenvalue weighted by Gasteiger charge is -1.98. The number of thioether (sulfide) groups is 1. The van der Waals surface area contributed by atoms with Gasteiger partial charge in [-0.3, -0.25) is 0 Å². The van der Waals surface area contributed by atoms with Crippen LogP contribution in [-0.2, 0) is 0 Å². The average Bonchev–Trinajstić information content (AvgIpc) is 2.20. The van der Waals surface area contributed by atoms with Crippen LogP contribution in [0.4, 0.5) is 8.78 Å². The second-order valence-electron chi connectivity index (χ2n) is 2.73. The summed E-state index contributed by atoms with van der Waals surface area (Å²) in [7, 11) is 1.82. The van der Waals surface area contributed by atoms with Crippen LogP contribution in [0.15, 0.2) is 29.2 Å². The lowest BCUT2D eigenvalue weighted by atomic mass is 10.2. The van der Waals surface area contributed by atoms with E-state index in [4.69, 9.17) is 0 Å². The second kappa shape index (κ2) is 6.44. The van der Waals surface area contributed by atoms with Gasteiger partial charge in [-0.05, 0) is 31.3 Å². The van der Waals surface area contributed by atoms with Crippen molar-refractivity contribution >= 4 is 11.8 Å². The van der Waals surface area contributed by atoms with Crippen molar-refractivity contribution in [3.05, 3.63) is 29.8 Å². The Kier molecular flexibility index (Phi) is 5.16. The van der Waals surface area contributed by atoms with Crippen molar-refractivity contribution in [2.24, 2.45) is 0 Å². The van der Waals surface area contributed by atoms with Gasteiger partial charge in [-0.15, -0.1) is 0 Å². The van der Waals surface area contributed by atoms with Gasteiger partial charge in [0.15, 0.2) is 0 Å². The molecule has 0 saturated heterocycles. The summed E-state index contributed by atoms with van der Waals surface area (Å²) >= 11 is 0.542. The van der Waals surface area contributed by atoms with E-state index in [1.165, 1.54) is 0 Å². The van der Waals surface area contributed by atoms with Crippen LogP contribution in [0.3, 0.4) is 0 Å². The summed E-state index contributed by atoms with van der Waals surface area (Å²) in [5, 5.41) is 2.90. The van der Waals surface area contributed by atoms with E-state index in [0.717, 1.165) is 5.56 Å². The number of hydrogen-bond acceptors (Lipinski definition) is 2. The summed E-state index contributed by atoms with van der Waals surface area (Å²) in [6.45, 7) is 0.619. The Labute approximate surface area is 92.3 Å². The minimum absolute atomic E-state index is 0.542. The highest BCUT2D eigenvalue weighted by Gasteiger charge is 2.03. The first-order valence-corrected chi connectivity index (χ1v) is 5.28. The smallest absolute Gasteiger partial charge is 0.288 e. The molecule has 0 amide bonds. The molecular weight excluding hydrogens is 216 g/mol. The molecule has 0 radical (unpaired) electrons. The molecule has 1 nitrogen and oxygen atoms in total. The molecule has 0 aliphatic rings. The van der Waals surface area contributed by atoms with Gasteiger partial charge in [0.2, 0.25) is 0 Å². The molecule has 0 atom stereocenters. The predicted molar refractivity (Wildman–Crippen MR) is 59.1 cm³/mol. The zero-order chi connectivity index (χ0) is 11.1. The number of benzene rings is 1. The van der Waals surface area contributed by atoms with Gasteiger partial charge in [0.1, 0.15) is 0 Å². The van der Waals surface area contributed by atoms with Gasteiger partial charge in [0.25, 0.3) is 5.76 Å². The third-order valence-electron chi connectivity index (χ3n) is 1.58. The molecule has 1 aromatic carbocycles. The van der Waals surface area contributed by atoms with E-state index >= 15 is 0 Å². The van der Waals surface area contributed by atoms with Crippen molar-refractivity contribution in [2.75, 3.05) is 13.6 Å². The van der Waals surface area contributed by atoms with Crippen molar-refractivity contribution in [2.45, 2.75) is 10.7 Å². The monoisotopic (exact) mass is 227 g/mol. The molecule has 4 heteroatoms. The number of alkyl halides is 2. The van der Waals surface area contributed by atoms with E-state index in [0.29, 0.717) is 23.2 Å². The van der Waals surface area contributed by atoms with Crippen LogP contribution in [-0.4, -0.2) is 19.3 Å². The van der Waals surface area contributed by atoms with Crippen LogP contribution in [0.5, 0.6) is 0 Å². The molecule has 1 N–H and O–H groups in total. The molecule has 0 aliphatic heterocycles. The quantitative estimate of drug-likeness (QED) is 0.629. The molecule has 0 saturated carbocycles. The number of hydrogen-bond donors (Lipinski definition) is 1. The fourth-order valence-corrected chi connectivity index (χ4v) is 1.45. The maximum absolute atomic E-state index is 12.0. The van der Waals surface area contributed by atoms with Gasteiger partial charge in [-0.1, -0.05) is 23.6 Å². The summed E-state index contributed by atoms with van der Waals surface area (Å²) in [4.78, 5) is 0.559. The minimum Gasteiger partial charge on any atom is -0.309 e. The summed E-state index contributed by atoms with van der Waals surface area (Å²) in [5.41, 5.74) is 0.837. The van der Waals surface area contributed by atoms with E-state index in [9.17, 15) is 8.78 Å². The molecule has 1 rings (SSSR count). The van der Waals surface area contributed by atoms with Crippen molar-refractivity contribution in [3.63, 3.8) is 0 Å². The first-order chi connectivity index (χ1) is 7.22. The van der Waals surface area contributed by atoms with Gasteiger partial charge < -0.3 is 5.32 Å². The normalized spacial score (nSPS) is 9.87. The fraction of sp³-hybridized carbons (Fsp3) is 0.273. The zero-order valence-corrected chi connectivity index (χ0v) is 9.07. The van der Waals surface area contributed by atoms with Crippen molar-refractivity contribution in [1.29, 1.82) is 0 Å². The standard InChI is InChI=1S/C11H11F2NS/c1-14-8-2-3-9-4-6-10(7-5-9)15-11(12)13/h4-7,11,14H,8H2,1H3. The first kappa shape index (κ1) is 12.0. The van der Waals surface area contributed by atoms with Crippen molar-refractivity contribution in [1.82, 2.24) is 5.32 Å². The van der Waals surface area contributed by atoms with Gasteiger partial charge in [-0.2, -0.15) is 8.78 Å². The Morgan fingerprint density at radius 2 is 2.00 bits per heavy atom. The summed E-state index contributed by atoms with van der Waals surface area (Å²) in [6, 6.07) is 6.79. The van der Waals surface area contributed by atoms with Crippen LogP contribution in [0.2, 0.25) is 0 Å². The van der Waals surface area contributed by atoms with E-state index in [1.807, 2.05) is 7.05 Å². The summed E-state index contributed by atoms with van der Waals surface area (Å²) < 4.78 is 24.0. The molecule has 15 heavy (non-hydrogen) atoms. The lowest BCUT2D eigenvalue weighted by molar-refractivity contribution is 0.252. The summed E-state index contributed by atoms with van der Waals surface area (Å²) in [6.07, 6.45) is 0. The predicted octanol–water partition coefficient (Wildman–Crippen LogP) is 2.57. The first-order valence-electron chi connectivity index (χ1n) is 4.40. The number of rotatable bonds is 3. The summed E-state index contributed by atoms with van der Waals surface area (Å²) in [5.74, 6) is 3.44. The molecule has 0 aliphatic carbocycles. The van der Waals surface area contributed by atoms with Gasteiger partial charge in [0, 0.05) is 10.5 Å². The van der Waals surface area contributed by atoms with E-state index in [-0.39, 0.29) is 0 Å². The van der Waals surface area contributed by atoms with E-state index in [2.05, 4.69) is 17.2 Å². The molecule has 0 heterocycles. The molecular formula is C11H11F2NS. The molecule has 0 aromatic heterocycles. The molecule has 1 aromatic rings. The van der Waals surface area contributed by atoms with Crippen LogP contribution in [0, 0.1) is 11.8 Å². The Bertz CT molecular complexity index is 351. The third-order valence-corrected chi connectivity index (χ3v) is 2.30. The third kappa shape index (κ3) is 4.82. The largest absolute Gasteiger partial charge is 0.309 e. The SMILES string of the molecule is CNCC#Cc1ccc(SC(F)F)cc1. The van der Waals surface area contributed by atoms with Gasteiger partial charge in [0.05, 0.1) is 6.54 Å². The van der Waals surface area contributed by atoms with Gasteiger partial charge in [-0.25, -0.2) is 0 Å². The maximum Gasteiger partial charge on any atom is 0.288 e. The molecule has 80 valence electrons. The fourth-order valence-electron chi connectivity index (χ4n) is 0.954. The van der Waals surface area contributed by atoms with Crippen molar-refractivity contribution < 1.29 is 8.78 Å². The minimum atomic E-state index is -2.37. The highest BCUT2D eigenvalue weighted by molar-refractivity contribution is 7.99. The maximum atomic E-state index is 12.0. The second-order valence-corrected chi connectivity index (χ2v) is 3.80. The Balaban J connectivity index is 2.61. The van der Waals surface area contributed by atoms with E-state index < -0.39 is 5.76 Å². The molecule has 0 bridgehead atoms. The highest BCUT2D eigenvalue weighted by atomic mass is 32.2. The lowest BCUT2D eigenvalue weighted by Crippen LogP contribution is -2.04. The van der Waals surface area contributed by atoms with Crippen LogP contribution in [0.1, 0.15) is 5.56 Å². The van der Waals surface area contributed by atoms with Crippen LogP contribution in [0.25, 0.3) is 0 Å². The molecule has 0 fully saturated rings. The van der Waals surface area contributed by atoms with Gasteiger partial charge >= 0.3 is 0 Å². The number of nitrogens with one attached hydrogen (secondary N) is 1. The zero-order valence-electron chi connectivity index (χ0n) is 8.26. The topological polar surface area (TPSA) is 12.0 Å². The Morgan fingerprint density at radius 3 is 2.53 bits per heavy atom. The highest BCUT2D eigenvalue weighted by Crippen LogP contribution is 2.24.